The summed E-state index contributed by atoms with van der Waals surface area (Å²) in [5, 5.41) is 14.0. The second-order valence-electron chi connectivity index (χ2n) is 6.83. The van der Waals surface area contributed by atoms with Crippen molar-refractivity contribution in [1.82, 2.24) is 10.2 Å². The number of anilines is 1. The SMILES string of the molecule is Cc1ccc(C(=O)NC(=S)N2CCN(c3ccc([N+](=O)[O-])cc3)CC2)c(C)c1. The van der Waals surface area contributed by atoms with Crippen molar-refractivity contribution in [3.05, 3.63) is 69.3 Å². The Morgan fingerprint density at radius 2 is 1.71 bits per heavy atom. The molecule has 0 saturated carbocycles. The van der Waals surface area contributed by atoms with E-state index in [4.69, 9.17) is 12.2 Å². The Balaban J connectivity index is 1.56. The summed E-state index contributed by atoms with van der Waals surface area (Å²) in [5.41, 5.74) is 3.67. The fraction of sp³-hybridized carbons (Fsp3) is 0.300. The molecule has 1 amide bonds. The number of amides is 1. The zero-order valence-electron chi connectivity index (χ0n) is 15.8. The molecule has 0 spiro atoms. The first kappa shape index (κ1) is 19.8. The zero-order chi connectivity index (χ0) is 20.3. The highest BCUT2D eigenvalue weighted by Crippen LogP contribution is 2.20. The number of hydrogen-bond acceptors (Lipinski definition) is 5. The number of hydrogen-bond donors (Lipinski definition) is 1. The van der Waals surface area contributed by atoms with E-state index in [2.05, 4.69) is 10.2 Å². The van der Waals surface area contributed by atoms with Crippen LogP contribution in [-0.4, -0.2) is 47.0 Å². The molecular formula is C20H22N4O3S. The fourth-order valence-electron chi connectivity index (χ4n) is 3.26. The van der Waals surface area contributed by atoms with E-state index in [-0.39, 0.29) is 11.6 Å². The van der Waals surface area contributed by atoms with Gasteiger partial charge in [-0.15, -0.1) is 0 Å². The number of piperazine rings is 1. The van der Waals surface area contributed by atoms with Crippen LogP contribution in [0.1, 0.15) is 21.5 Å². The number of aryl methyl sites for hydroxylation is 2. The standard InChI is InChI=1S/C20H22N4O3S/c1-14-3-8-18(15(2)13-14)19(25)21-20(28)23-11-9-22(10-12-23)16-4-6-17(7-5-16)24(26)27/h3-8,13H,9-12H2,1-2H3,(H,21,25,28). The second kappa shape index (κ2) is 8.35. The Morgan fingerprint density at radius 3 is 2.29 bits per heavy atom. The van der Waals surface area contributed by atoms with Gasteiger partial charge in [-0.2, -0.15) is 0 Å². The minimum absolute atomic E-state index is 0.0812. The average molecular weight is 398 g/mol. The zero-order valence-corrected chi connectivity index (χ0v) is 16.7. The van der Waals surface area contributed by atoms with Crippen molar-refractivity contribution in [3.63, 3.8) is 0 Å². The van der Waals surface area contributed by atoms with E-state index in [0.717, 1.165) is 29.9 Å². The molecule has 28 heavy (non-hydrogen) atoms. The Kier molecular flexibility index (Phi) is 5.89. The maximum atomic E-state index is 12.5. The number of carbonyl (C=O) groups excluding carboxylic acids is 1. The molecule has 0 bridgehead atoms. The van der Waals surface area contributed by atoms with Gasteiger partial charge in [-0.1, -0.05) is 17.7 Å². The molecule has 1 N–H and O–H groups in total. The normalized spacial score (nSPS) is 13.9. The van der Waals surface area contributed by atoms with Crippen molar-refractivity contribution in [1.29, 1.82) is 0 Å². The number of rotatable bonds is 3. The quantitative estimate of drug-likeness (QED) is 0.486. The Hall–Kier alpha value is -3.00. The van der Waals surface area contributed by atoms with Gasteiger partial charge in [0.25, 0.3) is 11.6 Å². The molecule has 0 atom stereocenters. The molecule has 2 aromatic carbocycles. The lowest BCUT2D eigenvalue weighted by Crippen LogP contribution is -2.52. The first-order valence-corrected chi connectivity index (χ1v) is 9.43. The average Bonchev–Trinajstić information content (AvgIpc) is 2.68. The van der Waals surface area contributed by atoms with Crippen molar-refractivity contribution in [2.45, 2.75) is 13.8 Å². The largest absolute Gasteiger partial charge is 0.368 e. The summed E-state index contributed by atoms with van der Waals surface area (Å²) in [4.78, 5) is 27.0. The van der Waals surface area contributed by atoms with Gasteiger partial charge in [0.2, 0.25) is 0 Å². The lowest BCUT2D eigenvalue weighted by atomic mass is 10.1. The van der Waals surface area contributed by atoms with Crippen LogP contribution in [0.25, 0.3) is 0 Å². The highest BCUT2D eigenvalue weighted by atomic mass is 32.1. The number of non-ortho nitro benzene ring substituents is 1. The van der Waals surface area contributed by atoms with Crippen LogP contribution in [0.15, 0.2) is 42.5 Å². The van der Waals surface area contributed by atoms with E-state index in [9.17, 15) is 14.9 Å². The van der Waals surface area contributed by atoms with Crippen LogP contribution in [0.3, 0.4) is 0 Å². The molecule has 1 heterocycles. The first-order chi connectivity index (χ1) is 13.3. The Bertz CT molecular complexity index is 906. The minimum Gasteiger partial charge on any atom is -0.368 e. The first-order valence-electron chi connectivity index (χ1n) is 9.02. The summed E-state index contributed by atoms with van der Waals surface area (Å²) in [7, 11) is 0. The Labute approximate surface area is 169 Å². The third-order valence-corrected chi connectivity index (χ3v) is 5.20. The highest BCUT2D eigenvalue weighted by molar-refractivity contribution is 7.80. The molecular weight excluding hydrogens is 376 g/mol. The number of nitrogens with one attached hydrogen (secondary N) is 1. The lowest BCUT2D eigenvalue weighted by Gasteiger charge is -2.37. The molecule has 8 heteroatoms. The summed E-state index contributed by atoms with van der Waals surface area (Å²) in [5.74, 6) is -0.194. The molecule has 0 aromatic heterocycles. The predicted octanol–water partition coefficient (Wildman–Crippen LogP) is 3.05. The van der Waals surface area contributed by atoms with Gasteiger partial charge in [0.1, 0.15) is 0 Å². The van der Waals surface area contributed by atoms with E-state index in [0.29, 0.717) is 23.8 Å². The van der Waals surface area contributed by atoms with Crippen LogP contribution >= 0.6 is 12.2 Å². The van der Waals surface area contributed by atoms with Crippen molar-refractivity contribution in [3.8, 4) is 0 Å². The molecule has 7 nitrogen and oxygen atoms in total. The van der Waals surface area contributed by atoms with Gasteiger partial charge in [0, 0.05) is 49.6 Å². The summed E-state index contributed by atoms with van der Waals surface area (Å²) in [6.07, 6.45) is 0. The molecule has 3 rings (SSSR count). The molecule has 0 aliphatic carbocycles. The maximum absolute atomic E-state index is 12.5. The molecule has 1 saturated heterocycles. The fourth-order valence-corrected chi connectivity index (χ4v) is 3.54. The van der Waals surface area contributed by atoms with Crippen molar-refractivity contribution < 1.29 is 9.72 Å². The van der Waals surface area contributed by atoms with Crippen molar-refractivity contribution in [2.24, 2.45) is 0 Å². The number of benzene rings is 2. The third-order valence-electron chi connectivity index (χ3n) is 4.84. The summed E-state index contributed by atoms with van der Waals surface area (Å²) < 4.78 is 0. The van der Waals surface area contributed by atoms with Gasteiger partial charge in [-0.05, 0) is 49.8 Å². The molecule has 1 aliphatic rings. The smallest absolute Gasteiger partial charge is 0.269 e. The van der Waals surface area contributed by atoms with E-state index in [1.54, 1.807) is 12.1 Å². The van der Waals surface area contributed by atoms with Gasteiger partial charge < -0.3 is 9.80 Å². The molecule has 0 unspecified atom stereocenters. The highest BCUT2D eigenvalue weighted by Gasteiger charge is 2.21. The van der Waals surface area contributed by atoms with Crippen LogP contribution in [0.2, 0.25) is 0 Å². The monoisotopic (exact) mass is 398 g/mol. The predicted molar refractivity (Wildman–Crippen MR) is 113 cm³/mol. The Morgan fingerprint density at radius 1 is 1.07 bits per heavy atom. The van der Waals surface area contributed by atoms with Gasteiger partial charge in [0.05, 0.1) is 4.92 Å². The summed E-state index contributed by atoms with van der Waals surface area (Å²) in [6.45, 7) is 6.68. The van der Waals surface area contributed by atoms with E-state index < -0.39 is 4.92 Å². The van der Waals surface area contributed by atoms with Crippen LogP contribution in [-0.2, 0) is 0 Å². The molecule has 146 valence electrons. The topological polar surface area (TPSA) is 78.7 Å². The second-order valence-corrected chi connectivity index (χ2v) is 7.21. The van der Waals surface area contributed by atoms with Gasteiger partial charge in [0.15, 0.2) is 5.11 Å². The number of carbonyl (C=O) groups is 1. The lowest BCUT2D eigenvalue weighted by molar-refractivity contribution is -0.384. The number of thiocarbonyl (C=S) groups is 1. The number of nitro benzene ring substituents is 1. The molecule has 0 radical (unpaired) electrons. The minimum atomic E-state index is -0.404. The van der Waals surface area contributed by atoms with Crippen LogP contribution in [0, 0.1) is 24.0 Å². The maximum Gasteiger partial charge on any atom is 0.269 e. The van der Waals surface area contributed by atoms with Gasteiger partial charge in [-0.3, -0.25) is 20.2 Å². The van der Waals surface area contributed by atoms with Crippen LogP contribution < -0.4 is 10.2 Å². The summed E-state index contributed by atoms with van der Waals surface area (Å²) in [6, 6.07) is 12.2. The van der Waals surface area contributed by atoms with Crippen molar-refractivity contribution >= 4 is 34.6 Å². The third kappa shape index (κ3) is 4.45. The molecule has 1 fully saturated rings. The number of nitrogens with zero attached hydrogens (tertiary/aromatic N) is 3. The molecule has 1 aliphatic heterocycles. The summed E-state index contributed by atoms with van der Waals surface area (Å²) >= 11 is 5.42. The van der Waals surface area contributed by atoms with Gasteiger partial charge in [-0.25, -0.2) is 0 Å². The van der Waals surface area contributed by atoms with E-state index >= 15 is 0 Å². The number of nitro groups is 1. The van der Waals surface area contributed by atoms with Crippen molar-refractivity contribution in [2.75, 3.05) is 31.1 Å². The van der Waals surface area contributed by atoms with Crippen LogP contribution in [0.5, 0.6) is 0 Å². The van der Waals surface area contributed by atoms with E-state index in [1.807, 2.05) is 36.9 Å². The van der Waals surface area contributed by atoms with E-state index in [1.165, 1.54) is 12.1 Å². The van der Waals surface area contributed by atoms with Gasteiger partial charge >= 0.3 is 0 Å². The van der Waals surface area contributed by atoms with Crippen LogP contribution in [0.4, 0.5) is 11.4 Å². The molecule has 2 aromatic rings.